The van der Waals surface area contributed by atoms with E-state index < -0.39 is 38.6 Å². The van der Waals surface area contributed by atoms with E-state index >= 15 is 0 Å². The summed E-state index contributed by atoms with van der Waals surface area (Å²) >= 11 is 0. The van der Waals surface area contributed by atoms with E-state index in [1.165, 1.54) is 44.9 Å². The smallest absolute Gasteiger partial charge is 0.462 e. The maximum Gasteiger partial charge on any atom is 0.472 e. The van der Waals surface area contributed by atoms with E-state index in [9.17, 15) is 24.2 Å². The Morgan fingerprint density at radius 2 is 1.30 bits per heavy atom. The largest absolute Gasteiger partial charge is 0.472 e. The number of nitrogens with zero attached hydrogens (tertiary/aromatic N) is 1. The molecule has 0 saturated carbocycles. The number of likely N-dealkylation sites (N-methyl/N-ethyl adjacent to an activating group) is 1. The first-order valence-electron chi connectivity index (χ1n) is 20.1. The van der Waals surface area contributed by atoms with Crippen LogP contribution in [0.2, 0.25) is 0 Å². The molecule has 53 heavy (non-hydrogen) atoms. The molecule has 0 bridgehead atoms. The number of ether oxygens (including phenoxy) is 2. The molecule has 11 heteroatoms. The number of quaternary nitrogens is 1. The van der Waals surface area contributed by atoms with Gasteiger partial charge in [-0.1, -0.05) is 139 Å². The first-order chi connectivity index (χ1) is 25.4. The molecule has 0 heterocycles. The highest BCUT2D eigenvalue weighted by atomic mass is 31.2. The van der Waals surface area contributed by atoms with E-state index in [1.807, 2.05) is 57.6 Å². The second-order valence-corrected chi connectivity index (χ2v) is 15.9. The molecule has 0 spiro atoms. The molecule has 0 aliphatic heterocycles. The number of carbonyl (C=O) groups excluding carboxylic acids is 2. The lowest BCUT2D eigenvalue weighted by Crippen LogP contribution is -2.37. The van der Waals surface area contributed by atoms with Gasteiger partial charge in [0.15, 0.2) is 6.10 Å². The molecule has 0 aromatic rings. The van der Waals surface area contributed by atoms with Crippen molar-refractivity contribution < 1.29 is 47.2 Å². The first kappa shape index (κ1) is 50.7. The van der Waals surface area contributed by atoms with Crippen LogP contribution in [0.5, 0.6) is 0 Å². The number of carbonyl (C=O) groups is 2. The molecule has 0 aromatic carbocycles. The fourth-order valence-corrected chi connectivity index (χ4v) is 5.70. The molecule has 0 amide bonds. The Morgan fingerprint density at radius 3 is 1.96 bits per heavy atom. The summed E-state index contributed by atoms with van der Waals surface area (Å²) in [4.78, 5) is 35.2. The summed E-state index contributed by atoms with van der Waals surface area (Å²) in [6.45, 7) is 4.11. The molecule has 0 radical (unpaired) electrons. The highest BCUT2D eigenvalue weighted by molar-refractivity contribution is 7.47. The Kier molecular flexibility index (Phi) is 32.7. The number of hydrogen-bond donors (Lipinski definition) is 2. The fraction of sp³-hybridized carbons (Fsp3) is 0.714. The number of phosphoric ester groups is 1. The highest BCUT2D eigenvalue weighted by Gasteiger charge is 2.27. The van der Waals surface area contributed by atoms with Crippen LogP contribution in [-0.2, 0) is 32.7 Å². The monoisotopic (exact) mass is 769 g/mol. The normalized spacial score (nSPS) is 14.9. The van der Waals surface area contributed by atoms with Crippen molar-refractivity contribution in [2.45, 2.75) is 148 Å². The average molecular weight is 769 g/mol. The minimum Gasteiger partial charge on any atom is -0.462 e. The van der Waals surface area contributed by atoms with E-state index in [2.05, 4.69) is 32.1 Å². The van der Waals surface area contributed by atoms with E-state index in [0.717, 1.165) is 38.5 Å². The van der Waals surface area contributed by atoms with Crippen LogP contribution < -0.4 is 0 Å². The van der Waals surface area contributed by atoms with Gasteiger partial charge in [-0.15, -0.1) is 0 Å². The third-order valence-electron chi connectivity index (χ3n) is 8.14. The van der Waals surface area contributed by atoms with Crippen molar-refractivity contribution in [3.8, 4) is 0 Å². The maximum absolute atomic E-state index is 12.6. The van der Waals surface area contributed by atoms with E-state index in [4.69, 9.17) is 18.5 Å². The zero-order chi connectivity index (χ0) is 39.5. The van der Waals surface area contributed by atoms with Gasteiger partial charge in [0.05, 0.1) is 33.9 Å². The molecule has 0 aromatic heterocycles. The van der Waals surface area contributed by atoms with Crippen molar-refractivity contribution in [1.82, 2.24) is 0 Å². The van der Waals surface area contributed by atoms with Gasteiger partial charge in [0.1, 0.15) is 19.8 Å². The minimum atomic E-state index is -4.40. The summed E-state index contributed by atoms with van der Waals surface area (Å²) in [7, 11) is 1.40. The van der Waals surface area contributed by atoms with Crippen LogP contribution in [0.3, 0.4) is 0 Å². The van der Waals surface area contributed by atoms with Crippen molar-refractivity contribution in [2.75, 3.05) is 47.5 Å². The van der Waals surface area contributed by atoms with Crippen molar-refractivity contribution in [1.29, 1.82) is 0 Å². The van der Waals surface area contributed by atoms with Gasteiger partial charge in [0.2, 0.25) is 0 Å². The third kappa shape index (κ3) is 37.8. The topological polar surface area (TPSA) is 129 Å². The molecule has 10 nitrogen and oxygen atoms in total. The number of phosphoric acid groups is 1. The number of hydrogen-bond acceptors (Lipinski definition) is 8. The molecule has 2 unspecified atom stereocenters. The van der Waals surface area contributed by atoms with Gasteiger partial charge in [0, 0.05) is 12.8 Å². The molecular formula is C42H75NO9P+. The van der Waals surface area contributed by atoms with Crippen LogP contribution >= 0.6 is 7.82 Å². The number of aliphatic hydroxyl groups excluding tert-OH is 1. The van der Waals surface area contributed by atoms with Gasteiger partial charge < -0.3 is 24.0 Å². The lowest BCUT2D eigenvalue weighted by Gasteiger charge is -2.24. The van der Waals surface area contributed by atoms with Crippen LogP contribution in [0.4, 0.5) is 0 Å². The zero-order valence-electron chi connectivity index (χ0n) is 33.8. The van der Waals surface area contributed by atoms with E-state index in [0.29, 0.717) is 36.7 Å². The average Bonchev–Trinajstić information content (AvgIpc) is 3.10. The minimum absolute atomic E-state index is 0.0112. The summed E-state index contributed by atoms with van der Waals surface area (Å²) in [5, 5.41) is 10.0. The summed E-state index contributed by atoms with van der Waals surface area (Å²) < 4.78 is 34.1. The lowest BCUT2D eigenvalue weighted by molar-refractivity contribution is -0.870. The van der Waals surface area contributed by atoms with Crippen LogP contribution in [0, 0.1) is 0 Å². The Bertz CT molecular complexity index is 1110. The van der Waals surface area contributed by atoms with Crippen LogP contribution in [0.1, 0.15) is 136 Å². The van der Waals surface area contributed by atoms with Crippen molar-refractivity contribution in [2.24, 2.45) is 0 Å². The second kappa shape index (κ2) is 34.2. The number of esters is 2. The summed E-state index contributed by atoms with van der Waals surface area (Å²) in [6.07, 6.45) is 35.9. The van der Waals surface area contributed by atoms with Crippen LogP contribution in [0.25, 0.3) is 0 Å². The number of unbranched alkanes of at least 4 members (excludes halogenated alkanes) is 11. The predicted molar refractivity (Wildman–Crippen MR) is 216 cm³/mol. The number of rotatable bonds is 35. The van der Waals surface area contributed by atoms with Crippen molar-refractivity contribution >= 4 is 19.8 Å². The maximum atomic E-state index is 12.6. The molecule has 0 rings (SSSR count). The summed E-state index contributed by atoms with van der Waals surface area (Å²) in [6, 6.07) is 0. The Hall–Kier alpha value is -2.33. The van der Waals surface area contributed by atoms with Gasteiger partial charge in [-0.2, -0.15) is 0 Å². The molecular weight excluding hydrogens is 693 g/mol. The standard InChI is InChI=1S/C42H74NO9P/c1-6-8-10-12-14-15-16-17-22-26-30-34-42(46)52-40(38-51-53(47,48)50-36-35-43(3,4)5)37-49-41(45)33-29-25-21-19-18-20-24-28-32-39(44)31-27-23-13-11-9-7-2/h9,11,19-21,23-24,27-28,32,39-40,44H,6-8,10,12-18,22,25-26,29-31,33-38H2,1-5H3/p+1/b11-9-,21-19-,24-20-,27-23-,32-28+/t39?,40-/m1/s1. The predicted octanol–water partition coefficient (Wildman–Crippen LogP) is 9.87. The molecule has 0 aliphatic rings. The zero-order valence-corrected chi connectivity index (χ0v) is 34.7. The summed E-state index contributed by atoms with van der Waals surface area (Å²) in [5.41, 5.74) is 0. The third-order valence-corrected chi connectivity index (χ3v) is 9.13. The lowest BCUT2D eigenvalue weighted by atomic mass is 10.1. The molecule has 0 aliphatic carbocycles. The summed E-state index contributed by atoms with van der Waals surface area (Å²) in [5.74, 6) is -0.912. The number of allylic oxidation sites excluding steroid dienone is 8. The first-order valence-corrected chi connectivity index (χ1v) is 21.6. The van der Waals surface area contributed by atoms with Gasteiger partial charge in [-0.05, 0) is 44.9 Å². The second-order valence-electron chi connectivity index (χ2n) is 14.5. The Balaban J connectivity index is 4.57. The van der Waals surface area contributed by atoms with Gasteiger partial charge in [-0.25, -0.2) is 4.57 Å². The molecule has 3 atom stereocenters. The SMILES string of the molecule is CC/C=C\C/C=C\CC(O)/C=C/C=C\C/C=C\CCCC(=O)OC[C@H](COP(=O)(O)OCC[N+](C)(C)C)OC(=O)CCCCCCCCCCCCC. The van der Waals surface area contributed by atoms with Crippen LogP contribution in [-0.4, -0.2) is 86.1 Å². The van der Waals surface area contributed by atoms with Gasteiger partial charge in [0.25, 0.3) is 0 Å². The van der Waals surface area contributed by atoms with Crippen molar-refractivity contribution in [3.63, 3.8) is 0 Å². The molecule has 2 N–H and O–H groups in total. The number of aliphatic hydroxyl groups is 1. The molecule has 0 saturated heterocycles. The van der Waals surface area contributed by atoms with E-state index in [-0.39, 0.29) is 26.1 Å². The van der Waals surface area contributed by atoms with E-state index in [1.54, 1.807) is 6.08 Å². The molecule has 306 valence electrons. The van der Waals surface area contributed by atoms with Gasteiger partial charge in [-0.3, -0.25) is 18.6 Å². The fourth-order valence-electron chi connectivity index (χ4n) is 4.96. The molecule has 0 fully saturated rings. The van der Waals surface area contributed by atoms with Crippen LogP contribution in [0.15, 0.2) is 60.8 Å². The Morgan fingerprint density at radius 1 is 0.698 bits per heavy atom. The Labute approximate surface area is 322 Å². The quantitative estimate of drug-likeness (QED) is 0.0162. The van der Waals surface area contributed by atoms with Gasteiger partial charge >= 0.3 is 19.8 Å². The highest BCUT2D eigenvalue weighted by Crippen LogP contribution is 2.43. The van der Waals surface area contributed by atoms with Crippen molar-refractivity contribution in [3.05, 3.63) is 60.8 Å².